The number of esters is 1. The second kappa shape index (κ2) is 6.20. The molecule has 1 aromatic rings. The number of nitrogens with two attached hydrogens (primary N) is 1. The standard InChI is InChI=1S/C10H13ClN2O5S/c1-18-10(15)9(14)5-13-19(16,17)6-2-3-7(11)8(12)4-6/h2-4,9,13-14H,5,12H2,1H3. The maximum absolute atomic E-state index is 11.8. The largest absolute Gasteiger partial charge is 0.467 e. The van der Waals surface area contributed by atoms with E-state index in [9.17, 15) is 18.3 Å². The smallest absolute Gasteiger partial charge is 0.336 e. The molecule has 1 rings (SSSR count). The van der Waals surface area contributed by atoms with Crippen LogP contribution in [0.2, 0.25) is 5.02 Å². The summed E-state index contributed by atoms with van der Waals surface area (Å²) in [7, 11) is -2.81. The quantitative estimate of drug-likeness (QED) is 0.509. The Labute approximate surface area is 115 Å². The summed E-state index contributed by atoms with van der Waals surface area (Å²) < 4.78 is 30.0. The third-order valence-corrected chi connectivity index (χ3v) is 3.98. The lowest BCUT2D eigenvalue weighted by Gasteiger charge is -2.11. The number of methoxy groups -OCH3 is 1. The first-order chi connectivity index (χ1) is 8.77. The van der Waals surface area contributed by atoms with E-state index in [1.807, 2.05) is 0 Å². The number of hydrogen-bond donors (Lipinski definition) is 3. The van der Waals surface area contributed by atoms with Gasteiger partial charge in [-0.1, -0.05) is 11.6 Å². The van der Waals surface area contributed by atoms with Crippen LogP contribution in [0.25, 0.3) is 0 Å². The molecular formula is C10H13ClN2O5S. The van der Waals surface area contributed by atoms with Crippen LogP contribution in [0, 0.1) is 0 Å². The van der Waals surface area contributed by atoms with E-state index in [1.165, 1.54) is 18.2 Å². The molecule has 0 saturated heterocycles. The summed E-state index contributed by atoms with van der Waals surface area (Å²) in [5.74, 6) is -0.932. The number of aliphatic hydroxyl groups excluding tert-OH is 1. The summed E-state index contributed by atoms with van der Waals surface area (Å²) in [4.78, 5) is 10.8. The van der Waals surface area contributed by atoms with Crippen molar-refractivity contribution in [1.82, 2.24) is 4.72 Å². The Morgan fingerprint density at radius 3 is 2.74 bits per heavy atom. The van der Waals surface area contributed by atoms with E-state index in [2.05, 4.69) is 9.46 Å². The molecular weight excluding hydrogens is 296 g/mol. The SMILES string of the molecule is COC(=O)C(O)CNS(=O)(=O)c1ccc(Cl)c(N)c1. The molecule has 7 nitrogen and oxygen atoms in total. The van der Waals surface area contributed by atoms with Gasteiger partial charge in [0.2, 0.25) is 10.0 Å². The van der Waals surface area contributed by atoms with E-state index in [-0.39, 0.29) is 15.6 Å². The van der Waals surface area contributed by atoms with Crippen LogP contribution in [0.1, 0.15) is 0 Å². The van der Waals surface area contributed by atoms with Crippen molar-refractivity contribution >= 4 is 33.3 Å². The summed E-state index contributed by atoms with van der Waals surface area (Å²) in [6.07, 6.45) is -1.58. The van der Waals surface area contributed by atoms with Crippen LogP contribution in [0.5, 0.6) is 0 Å². The van der Waals surface area contributed by atoms with Gasteiger partial charge in [0.25, 0.3) is 0 Å². The topological polar surface area (TPSA) is 119 Å². The van der Waals surface area contributed by atoms with Crippen LogP contribution in [0.4, 0.5) is 5.69 Å². The first-order valence-electron chi connectivity index (χ1n) is 5.08. The Morgan fingerprint density at radius 2 is 2.21 bits per heavy atom. The number of carbonyl (C=O) groups is 1. The summed E-state index contributed by atoms with van der Waals surface area (Å²) >= 11 is 5.68. The monoisotopic (exact) mass is 308 g/mol. The molecule has 1 aromatic carbocycles. The molecule has 106 valence electrons. The van der Waals surface area contributed by atoms with Crippen molar-refractivity contribution in [2.24, 2.45) is 0 Å². The molecule has 4 N–H and O–H groups in total. The molecule has 0 aromatic heterocycles. The van der Waals surface area contributed by atoms with E-state index in [1.54, 1.807) is 0 Å². The second-order valence-corrected chi connectivity index (χ2v) is 5.75. The fourth-order valence-electron chi connectivity index (χ4n) is 1.18. The van der Waals surface area contributed by atoms with E-state index >= 15 is 0 Å². The zero-order chi connectivity index (χ0) is 14.6. The minimum Gasteiger partial charge on any atom is -0.467 e. The molecule has 0 saturated carbocycles. The highest BCUT2D eigenvalue weighted by Gasteiger charge is 2.20. The number of nitrogens with one attached hydrogen (secondary N) is 1. The Bertz CT molecular complexity index is 575. The van der Waals surface area contributed by atoms with E-state index in [4.69, 9.17) is 17.3 Å². The van der Waals surface area contributed by atoms with Gasteiger partial charge >= 0.3 is 5.97 Å². The molecule has 19 heavy (non-hydrogen) atoms. The molecule has 9 heteroatoms. The van der Waals surface area contributed by atoms with E-state index < -0.39 is 28.6 Å². The molecule has 0 heterocycles. The number of sulfonamides is 1. The number of carbonyl (C=O) groups excluding carboxylic acids is 1. The van der Waals surface area contributed by atoms with Gasteiger partial charge in [0.05, 0.1) is 22.7 Å². The number of nitrogen functional groups attached to an aromatic ring is 1. The molecule has 0 aliphatic rings. The molecule has 0 radical (unpaired) electrons. The van der Waals surface area contributed by atoms with Gasteiger partial charge in [-0.2, -0.15) is 0 Å². The zero-order valence-electron chi connectivity index (χ0n) is 9.96. The van der Waals surface area contributed by atoms with Gasteiger partial charge in [-0.15, -0.1) is 0 Å². The molecule has 0 amide bonds. The van der Waals surface area contributed by atoms with Crippen molar-refractivity contribution in [3.05, 3.63) is 23.2 Å². The predicted molar refractivity (Wildman–Crippen MR) is 69.1 cm³/mol. The highest BCUT2D eigenvalue weighted by molar-refractivity contribution is 7.89. The van der Waals surface area contributed by atoms with Crippen LogP contribution < -0.4 is 10.5 Å². The number of ether oxygens (including phenoxy) is 1. The van der Waals surface area contributed by atoms with Crippen LogP contribution in [-0.2, 0) is 19.6 Å². The molecule has 1 atom stereocenters. The van der Waals surface area contributed by atoms with Crippen LogP contribution in [-0.4, -0.2) is 39.3 Å². The van der Waals surface area contributed by atoms with Crippen molar-refractivity contribution in [1.29, 1.82) is 0 Å². The van der Waals surface area contributed by atoms with Gasteiger partial charge < -0.3 is 15.6 Å². The van der Waals surface area contributed by atoms with Crippen LogP contribution >= 0.6 is 11.6 Å². The summed E-state index contributed by atoms with van der Waals surface area (Å²) in [6.45, 7) is -0.502. The Kier molecular flexibility index (Phi) is 5.12. The number of aliphatic hydroxyl groups is 1. The second-order valence-electron chi connectivity index (χ2n) is 3.57. The fourth-order valence-corrected chi connectivity index (χ4v) is 2.37. The van der Waals surface area contributed by atoms with Crippen molar-refractivity contribution < 1.29 is 23.1 Å². The molecule has 0 spiro atoms. The predicted octanol–water partition coefficient (Wildman–Crippen LogP) is -0.266. The lowest BCUT2D eigenvalue weighted by molar-refractivity contribution is -0.149. The molecule has 0 bridgehead atoms. The van der Waals surface area contributed by atoms with E-state index in [0.717, 1.165) is 7.11 Å². The average Bonchev–Trinajstić information content (AvgIpc) is 2.38. The van der Waals surface area contributed by atoms with Crippen molar-refractivity contribution in [2.45, 2.75) is 11.0 Å². The fraction of sp³-hybridized carbons (Fsp3) is 0.300. The molecule has 0 aliphatic carbocycles. The third-order valence-electron chi connectivity index (χ3n) is 2.22. The summed E-state index contributed by atoms with van der Waals surface area (Å²) in [5, 5.41) is 9.51. The number of rotatable bonds is 5. The van der Waals surface area contributed by atoms with Gasteiger partial charge in [0.1, 0.15) is 0 Å². The zero-order valence-corrected chi connectivity index (χ0v) is 11.5. The molecule has 1 unspecified atom stereocenters. The lowest BCUT2D eigenvalue weighted by atomic mass is 10.3. The number of halogens is 1. The van der Waals surface area contributed by atoms with Crippen LogP contribution in [0.15, 0.2) is 23.1 Å². The van der Waals surface area contributed by atoms with E-state index in [0.29, 0.717) is 0 Å². The Morgan fingerprint density at radius 1 is 1.58 bits per heavy atom. The highest BCUT2D eigenvalue weighted by atomic mass is 35.5. The molecule has 0 aliphatic heterocycles. The summed E-state index contributed by atoms with van der Waals surface area (Å²) in [6, 6.07) is 3.77. The maximum Gasteiger partial charge on any atom is 0.336 e. The first-order valence-corrected chi connectivity index (χ1v) is 6.94. The minimum absolute atomic E-state index is 0.109. The number of hydrogen-bond acceptors (Lipinski definition) is 6. The first kappa shape index (κ1) is 15.7. The maximum atomic E-state index is 11.8. The van der Waals surface area contributed by atoms with Gasteiger partial charge in [0, 0.05) is 6.54 Å². The number of benzene rings is 1. The van der Waals surface area contributed by atoms with Crippen molar-refractivity contribution in [2.75, 3.05) is 19.4 Å². The Balaban J connectivity index is 2.81. The average molecular weight is 309 g/mol. The number of anilines is 1. The van der Waals surface area contributed by atoms with Crippen LogP contribution in [0.3, 0.4) is 0 Å². The lowest BCUT2D eigenvalue weighted by Crippen LogP contribution is -2.37. The van der Waals surface area contributed by atoms with Gasteiger partial charge in [-0.25, -0.2) is 17.9 Å². The van der Waals surface area contributed by atoms with Gasteiger partial charge in [0.15, 0.2) is 6.10 Å². The highest BCUT2D eigenvalue weighted by Crippen LogP contribution is 2.21. The molecule has 0 fully saturated rings. The summed E-state index contributed by atoms with van der Waals surface area (Å²) in [5.41, 5.74) is 5.60. The van der Waals surface area contributed by atoms with Crippen molar-refractivity contribution in [3.63, 3.8) is 0 Å². The van der Waals surface area contributed by atoms with Gasteiger partial charge in [-0.3, -0.25) is 0 Å². The van der Waals surface area contributed by atoms with Gasteiger partial charge in [-0.05, 0) is 18.2 Å². The normalized spacial score (nSPS) is 13.0. The third kappa shape index (κ3) is 4.06. The van der Waals surface area contributed by atoms with Crippen molar-refractivity contribution in [3.8, 4) is 0 Å². The Hall–Kier alpha value is -1.35. The minimum atomic E-state index is -3.89.